The van der Waals surface area contributed by atoms with Gasteiger partial charge in [0.25, 0.3) is 0 Å². The van der Waals surface area contributed by atoms with Gasteiger partial charge in [-0.05, 0) is 12.8 Å². The summed E-state index contributed by atoms with van der Waals surface area (Å²) in [7, 11) is 0. The minimum Gasteiger partial charge on any atom is -0.253 e. The van der Waals surface area contributed by atoms with Crippen molar-refractivity contribution >= 4 is 5.71 Å². The molecule has 0 fully saturated rings. The van der Waals surface area contributed by atoms with E-state index in [-0.39, 0.29) is 0 Å². The summed E-state index contributed by atoms with van der Waals surface area (Å²) in [5.41, 5.74) is 1.01. The van der Waals surface area contributed by atoms with Crippen molar-refractivity contribution in [3.63, 3.8) is 0 Å². The first-order valence-electron chi connectivity index (χ1n) is 3.49. The Kier molecular flexibility index (Phi) is 2.28. The number of nitrogens with zero attached hydrogens (tertiary/aromatic N) is 1. The standard InChI is InChI=1S/C9H11N/c1-3-4-9-7-8(2)5-6-10-9/h5-6,8H,7H2,1-2H3. The highest BCUT2D eigenvalue weighted by atomic mass is 14.7. The Morgan fingerprint density at radius 1 is 1.70 bits per heavy atom. The maximum absolute atomic E-state index is 4.13. The second kappa shape index (κ2) is 3.22. The maximum Gasteiger partial charge on any atom is 0.0904 e. The van der Waals surface area contributed by atoms with Crippen molar-refractivity contribution < 1.29 is 0 Å². The lowest BCUT2D eigenvalue weighted by Crippen LogP contribution is -2.04. The molecule has 1 nitrogen and oxygen atoms in total. The predicted molar refractivity (Wildman–Crippen MR) is 43.8 cm³/mol. The van der Waals surface area contributed by atoms with Crippen LogP contribution in [0.5, 0.6) is 0 Å². The second-order valence-electron chi connectivity index (χ2n) is 2.47. The molecular weight excluding hydrogens is 122 g/mol. The Bertz CT molecular complexity index is 225. The molecular formula is C9H11N. The van der Waals surface area contributed by atoms with E-state index in [0.29, 0.717) is 5.92 Å². The quantitative estimate of drug-likeness (QED) is 0.448. The van der Waals surface area contributed by atoms with Crippen LogP contribution in [0, 0.1) is 17.8 Å². The van der Waals surface area contributed by atoms with Gasteiger partial charge in [-0.3, -0.25) is 4.99 Å². The number of allylic oxidation sites excluding steroid dienone is 1. The molecule has 0 radical (unpaired) electrons. The van der Waals surface area contributed by atoms with Crippen LogP contribution in [0.3, 0.4) is 0 Å². The van der Waals surface area contributed by atoms with Crippen molar-refractivity contribution in [2.75, 3.05) is 0 Å². The molecule has 0 saturated heterocycles. The van der Waals surface area contributed by atoms with Crippen molar-refractivity contribution in [3.8, 4) is 11.8 Å². The number of aliphatic imine (C=N–C) groups is 1. The molecule has 1 heterocycles. The van der Waals surface area contributed by atoms with Crippen molar-refractivity contribution in [2.45, 2.75) is 20.3 Å². The molecule has 0 saturated carbocycles. The van der Waals surface area contributed by atoms with E-state index in [2.05, 4.69) is 29.8 Å². The molecule has 1 unspecified atom stereocenters. The lowest BCUT2D eigenvalue weighted by molar-refractivity contribution is 0.759. The molecule has 52 valence electrons. The molecule has 0 amide bonds. The molecule has 1 aliphatic rings. The summed E-state index contributed by atoms with van der Waals surface area (Å²) >= 11 is 0. The van der Waals surface area contributed by atoms with E-state index in [1.807, 2.05) is 13.1 Å². The molecule has 0 bridgehead atoms. The zero-order chi connectivity index (χ0) is 7.40. The second-order valence-corrected chi connectivity index (χ2v) is 2.47. The van der Waals surface area contributed by atoms with Crippen LogP contribution in [0.4, 0.5) is 0 Å². The van der Waals surface area contributed by atoms with Crippen LogP contribution in [0.25, 0.3) is 0 Å². The van der Waals surface area contributed by atoms with Crippen LogP contribution in [0.1, 0.15) is 20.3 Å². The fraction of sp³-hybridized carbons (Fsp3) is 0.444. The molecule has 1 aliphatic heterocycles. The van der Waals surface area contributed by atoms with E-state index in [1.54, 1.807) is 0 Å². The summed E-state index contributed by atoms with van der Waals surface area (Å²) in [6.07, 6.45) is 4.94. The van der Waals surface area contributed by atoms with Gasteiger partial charge in [-0.1, -0.05) is 18.9 Å². The van der Waals surface area contributed by atoms with E-state index in [0.717, 1.165) is 12.1 Å². The summed E-state index contributed by atoms with van der Waals surface area (Å²) in [6, 6.07) is 0. The summed E-state index contributed by atoms with van der Waals surface area (Å²) in [5, 5.41) is 0. The van der Waals surface area contributed by atoms with Crippen LogP contribution in [-0.4, -0.2) is 5.71 Å². The smallest absolute Gasteiger partial charge is 0.0904 e. The van der Waals surface area contributed by atoms with Gasteiger partial charge in [-0.15, -0.1) is 5.92 Å². The van der Waals surface area contributed by atoms with E-state index in [9.17, 15) is 0 Å². The molecule has 0 aromatic rings. The topological polar surface area (TPSA) is 12.4 Å². The van der Waals surface area contributed by atoms with Gasteiger partial charge in [0, 0.05) is 12.6 Å². The highest BCUT2D eigenvalue weighted by Gasteiger charge is 2.04. The first-order chi connectivity index (χ1) is 4.83. The fourth-order valence-corrected chi connectivity index (χ4v) is 0.933. The Morgan fingerprint density at radius 2 is 2.50 bits per heavy atom. The first-order valence-corrected chi connectivity index (χ1v) is 3.49. The third kappa shape index (κ3) is 1.73. The molecule has 10 heavy (non-hydrogen) atoms. The van der Waals surface area contributed by atoms with Crippen LogP contribution in [-0.2, 0) is 0 Å². The van der Waals surface area contributed by atoms with Crippen LogP contribution in [0.15, 0.2) is 17.3 Å². The number of rotatable bonds is 0. The summed E-state index contributed by atoms with van der Waals surface area (Å²) in [4.78, 5) is 4.13. The summed E-state index contributed by atoms with van der Waals surface area (Å²) < 4.78 is 0. The van der Waals surface area contributed by atoms with E-state index in [4.69, 9.17) is 0 Å². The van der Waals surface area contributed by atoms with Crippen LogP contribution >= 0.6 is 0 Å². The third-order valence-corrected chi connectivity index (χ3v) is 1.43. The lowest BCUT2D eigenvalue weighted by atomic mass is 10.0. The summed E-state index contributed by atoms with van der Waals surface area (Å²) in [6.45, 7) is 4.01. The largest absolute Gasteiger partial charge is 0.253 e. The average Bonchev–Trinajstić information content (AvgIpc) is 1.88. The zero-order valence-electron chi connectivity index (χ0n) is 6.39. The highest BCUT2D eigenvalue weighted by Crippen LogP contribution is 2.09. The minimum atomic E-state index is 0.605. The van der Waals surface area contributed by atoms with Crippen LogP contribution in [0.2, 0.25) is 0 Å². The number of hydrogen-bond acceptors (Lipinski definition) is 1. The average molecular weight is 133 g/mol. The van der Waals surface area contributed by atoms with Gasteiger partial charge >= 0.3 is 0 Å². The van der Waals surface area contributed by atoms with Gasteiger partial charge in [0.05, 0.1) is 5.71 Å². The molecule has 0 N–H and O–H groups in total. The highest BCUT2D eigenvalue weighted by molar-refractivity contribution is 6.01. The maximum atomic E-state index is 4.13. The lowest BCUT2D eigenvalue weighted by Gasteiger charge is -2.07. The Hall–Kier alpha value is -1.03. The molecule has 0 aromatic heterocycles. The Balaban J connectivity index is 2.67. The van der Waals surface area contributed by atoms with Gasteiger partial charge in [-0.25, -0.2) is 0 Å². The van der Waals surface area contributed by atoms with Crippen molar-refractivity contribution in [1.82, 2.24) is 0 Å². The summed E-state index contributed by atoms with van der Waals surface area (Å²) in [5.74, 6) is 6.41. The molecule has 1 rings (SSSR count). The van der Waals surface area contributed by atoms with Crippen molar-refractivity contribution in [2.24, 2.45) is 10.9 Å². The zero-order valence-corrected chi connectivity index (χ0v) is 6.39. The van der Waals surface area contributed by atoms with Crippen LogP contribution < -0.4 is 0 Å². The third-order valence-electron chi connectivity index (χ3n) is 1.43. The molecule has 1 atom stereocenters. The van der Waals surface area contributed by atoms with Gasteiger partial charge in [0.2, 0.25) is 0 Å². The van der Waals surface area contributed by atoms with E-state index < -0.39 is 0 Å². The number of hydrogen-bond donors (Lipinski definition) is 0. The minimum absolute atomic E-state index is 0.605. The fourth-order valence-electron chi connectivity index (χ4n) is 0.933. The predicted octanol–water partition coefficient (Wildman–Crippen LogP) is 2.00. The first kappa shape index (κ1) is 7.08. The monoisotopic (exact) mass is 133 g/mol. The van der Waals surface area contributed by atoms with E-state index in [1.165, 1.54) is 0 Å². The van der Waals surface area contributed by atoms with Gasteiger partial charge in [0.15, 0.2) is 0 Å². The molecule has 0 aliphatic carbocycles. The van der Waals surface area contributed by atoms with E-state index >= 15 is 0 Å². The SMILES string of the molecule is CC#CC1=NC=CC(C)C1. The Morgan fingerprint density at radius 3 is 3.10 bits per heavy atom. The normalized spacial score (nSPS) is 23.0. The molecule has 1 heteroatoms. The van der Waals surface area contributed by atoms with Gasteiger partial charge in [-0.2, -0.15) is 0 Å². The van der Waals surface area contributed by atoms with Gasteiger partial charge < -0.3 is 0 Å². The molecule has 0 aromatic carbocycles. The van der Waals surface area contributed by atoms with Crippen molar-refractivity contribution in [3.05, 3.63) is 12.3 Å². The van der Waals surface area contributed by atoms with Crippen molar-refractivity contribution in [1.29, 1.82) is 0 Å². The molecule has 0 spiro atoms. The van der Waals surface area contributed by atoms with Gasteiger partial charge in [0.1, 0.15) is 0 Å². The Labute approximate surface area is 61.9 Å².